The highest BCUT2D eigenvalue weighted by atomic mass is 79.9. The van der Waals surface area contributed by atoms with Crippen LogP contribution in [-0.2, 0) is 5.60 Å². The van der Waals surface area contributed by atoms with E-state index in [1.807, 2.05) is 6.07 Å². The standard InChI is InChI=1S/C10H10BrNO/c1-10(2,13)8-4-3-7(6-12)9(11)5-8/h3-5,13H,1-2H3. The highest BCUT2D eigenvalue weighted by Crippen LogP contribution is 2.25. The van der Waals surface area contributed by atoms with Crippen LogP contribution in [-0.4, -0.2) is 5.11 Å². The van der Waals surface area contributed by atoms with Gasteiger partial charge in [0.1, 0.15) is 6.07 Å². The Labute approximate surface area is 85.9 Å². The quantitative estimate of drug-likeness (QED) is 0.819. The fourth-order valence-electron chi connectivity index (χ4n) is 0.986. The maximum atomic E-state index is 9.67. The fraction of sp³-hybridized carbons (Fsp3) is 0.300. The number of rotatable bonds is 1. The van der Waals surface area contributed by atoms with Crippen LogP contribution >= 0.6 is 15.9 Å². The van der Waals surface area contributed by atoms with Crippen molar-refractivity contribution in [3.63, 3.8) is 0 Å². The molecule has 0 spiro atoms. The molecular weight excluding hydrogens is 230 g/mol. The summed E-state index contributed by atoms with van der Waals surface area (Å²) < 4.78 is 0.717. The van der Waals surface area contributed by atoms with Crippen molar-refractivity contribution in [1.29, 1.82) is 5.26 Å². The van der Waals surface area contributed by atoms with E-state index < -0.39 is 5.60 Å². The van der Waals surface area contributed by atoms with Crippen molar-refractivity contribution in [3.8, 4) is 6.07 Å². The normalized spacial score (nSPS) is 11.0. The first-order chi connectivity index (χ1) is 5.95. The van der Waals surface area contributed by atoms with Crippen LogP contribution in [0.4, 0.5) is 0 Å². The summed E-state index contributed by atoms with van der Waals surface area (Å²) in [5, 5.41) is 18.3. The Morgan fingerprint density at radius 2 is 2.08 bits per heavy atom. The lowest BCUT2D eigenvalue weighted by Gasteiger charge is -2.17. The number of aliphatic hydroxyl groups is 1. The second-order valence-corrected chi connectivity index (χ2v) is 4.22. The Morgan fingerprint density at radius 1 is 1.46 bits per heavy atom. The predicted molar refractivity (Wildman–Crippen MR) is 54.1 cm³/mol. The number of hydrogen-bond acceptors (Lipinski definition) is 2. The molecule has 0 heterocycles. The van der Waals surface area contributed by atoms with Gasteiger partial charge < -0.3 is 5.11 Å². The van der Waals surface area contributed by atoms with Gasteiger partial charge in [0.25, 0.3) is 0 Å². The van der Waals surface area contributed by atoms with Gasteiger partial charge in [-0.3, -0.25) is 0 Å². The average molecular weight is 240 g/mol. The first-order valence-corrected chi connectivity index (χ1v) is 4.67. The Balaban J connectivity index is 3.20. The van der Waals surface area contributed by atoms with Gasteiger partial charge >= 0.3 is 0 Å². The number of nitriles is 1. The second kappa shape index (κ2) is 3.49. The molecule has 68 valence electrons. The minimum atomic E-state index is -0.865. The lowest BCUT2D eigenvalue weighted by molar-refractivity contribution is 0.0785. The molecule has 0 aliphatic carbocycles. The van der Waals surface area contributed by atoms with Gasteiger partial charge in [-0.25, -0.2) is 0 Å². The van der Waals surface area contributed by atoms with Crippen molar-refractivity contribution >= 4 is 15.9 Å². The molecule has 0 fully saturated rings. The van der Waals surface area contributed by atoms with Crippen molar-refractivity contribution in [2.45, 2.75) is 19.4 Å². The van der Waals surface area contributed by atoms with Crippen LogP contribution < -0.4 is 0 Å². The minimum Gasteiger partial charge on any atom is -0.386 e. The van der Waals surface area contributed by atoms with E-state index in [0.29, 0.717) is 5.56 Å². The molecule has 0 aliphatic heterocycles. The first-order valence-electron chi connectivity index (χ1n) is 3.87. The van der Waals surface area contributed by atoms with Gasteiger partial charge in [0, 0.05) is 4.47 Å². The third kappa shape index (κ3) is 2.30. The predicted octanol–water partition coefficient (Wildman–Crippen LogP) is 2.55. The second-order valence-electron chi connectivity index (χ2n) is 3.37. The summed E-state index contributed by atoms with van der Waals surface area (Å²) in [4.78, 5) is 0. The molecule has 13 heavy (non-hydrogen) atoms. The molecule has 0 atom stereocenters. The van der Waals surface area contributed by atoms with Gasteiger partial charge in [0.15, 0.2) is 0 Å². The molecule has 1 aromatic carbocycles. The summed E-state index contributed by atoms with van der Waals surface area (Å²) in [7, 11) is 0. The van der Waals surface area contributed by atoms with Gasteiger partial charge in [0.05, 0.1) is 11.2 Å². The van der Waals surface area contributed by atoms with E-state index in [4.69, 9.17) is 5.26 Å². The van der Waals surface area contributed by atoms with Gasteiger partial charge in [-0.1, -0.05) is 6.07 Å². The molecule has 3 heteroatoms. The zero-order valence-electron chi connectivity index (χ0n) is 7.50. The third-order valence-electron chi connectivity index (χ3n) is 1.80. The molecular formula is C10H10BrNO. The van der Waals surface area contributed by atoms with Crippen molar-refractivity contribution in [2.75, 3.05) is 0 Å². The molecule has 2 nitrogen and oxygen atoms in total. The van der Waals surface area contributed by atoms with Gasteiger partial charge in [0.2, 0.25) is 0 Å². The maximum absolute atomic E-state index is 9.67. The van der Waals surface area contributed by atoms with Crippen LogP contribution in [0.1, 0.15) is 25.0 Å². The largest absolute Gasteiger partial charge is 0.386 e. The van der Waals surface area contributed by atoms with Gasteiger partial charge in [-0.2, -0.15) is 5.26 Å². The molecule has 0 saturated heterocycles. The zero-order chi connectivity index (χ0) is 10.1. The van der Waals surface area contributed by atoms with Crippen molar-refractivity contribution in [1.82, 2.24) is 0 Å². The summed E-state index contributed by atoms with van der Waals surface area (Å²) in [5.74, 6) is 0. The number of halogens is 1. The van der Waals surface area contributed by atoms with E-state index in [1.165, 1.54) is 0 Å². The van der Waals surface area contributed by atoms with E-state index in [1.54, 1.807) is 32.0 Å². The number of hydrogen-bond donors (Lipinski definition) is 1. The monoisotopic (exact) mass is 239 g/mol. The van der Waals surface area contributed by atoms with Crippen LogP contribution in [0.25, 0.3) is 0 Å². The molecule has 1 N–H and O–H groups in total. The van der Waals surface area contributed by atoms with Crippen LogP contribution in [0.5, 0.6) is 0 Å². The van der Waals surface area contributed by atoms with Crippen molar-refractivity contribution in [3.05, 3.63) is 33.8 Å². The lowest BCUT2D eigenvalue weighted by atomic mass is 9.98. The Kier molecular flexibility index (Phi) is 2.74. The summed E-state index contributed by atoms with van der Waals surface area (Å²) in [6.45, 7) is 3.42. The van der Waals surface area contributed by atoms with Crippen LogP contribution in [0.15, 0.2) is 22.7 Å². The summed E-state index contributed by atoms with van der Waals surface area (Å²) in [6, 6.07) is 7.25. The van der Waals surface area contributed by atoms with Gasteiger partial charge in [-0.15, -0.1) is 0 Å². The summed E-state index contributed by atoms with van der Waals surface area (Å²) in [6.07, 6.45) is 0. The maximum Gasteiger partial charge on any atom is 0.100 e. The molecule has 0 bridgehead atoms. The minimum absolute atomic E-state index is 0.577. The third-order valence-corrected chi connectivity index (χ3v) is 2.45. The molecule has 1 aromatic rings. The Bertz CT molecular complexity index is 360. The SMILES string of the molecule is CC(C)(O)c1ccc(C#N)c(Br)c1. The highest BCUT2D eigenvalue weighted by molar-refractivity contribution is 9.10. The zero-order valence-corrected chi connectivity index (χ0v) is 9.09. The molecule has 0 unspecified atom stereocenters. The number of nitrogens with zero attached hydrogens (tertiary/aromatic N) is 1. The molecule has 1 rings (SSSR count). The molecule has 0 amide bonds. The van der Waals surface area contributed by atoms with E-state index >= 15 is 0 Å². The van der Waals surface area contributed by atoms with Crippen molar-refractivity contribution < 1.29 is 5.11 Å². The first kappa shape index (κ1) is 10.2. The Hall–Kier alpha value is -0.850. The molecule has 0 saturated carbocycles. The Morgan fingerprint density at radius 3 is 2.46 bits per heavy atom. The lowest BCUT2D eigenvalue weighted by Crippen LogP contribution is -2.15. The smallest absolute Gasteiger partial charge is 0.100 e. The molecule has 0 aliphatic rings. The summed E-state index contributed by atoms with van der Waals surface area (Å²) >= 11 is 3.27. The van der Waals surface area contributed by atoms with E-state index in [2.05, 4.69) is 15.9 Å². The highest BCUT2D eigenvalue weighted by Gasteiger charge is 2.16. The van der Waals surface area contributed by atoms with E-state index in [-0.39, 0.29) is 0 Å². The van der Waals surface area contributed by atoms with E-state index in [0.717, 1.165) is 10.0 Å². The average Bonchev–Trinajstić information content (AvgIpc) is 2.02. The fourth-order valence-corrected chi connectivity index (χ4v) is 1.45. The summed E-state index contributed by atoms with van der Waals surface area (Å²) in [5.41, 5.74) is 0.502. The van der Waals surface area contributed by atoms with Crippen LogP contribution in [0.2, 0.25) is 0 Å². The van der Waals surface area contributed by atoms with E-state index in [9.17, 15) is 5.11 Å². The topological polar surface area (TPSA) is 44.0 Å². The van der Waals surface area contributed by atoms with Crippen LogP contribution in [0, 0.1) is 11.3 Å². The molecule has 0 aromatic heterocycles. The van der Waals surface area contributed by atoms with Crippen LogP contribution in [0.3, 0.4) is 0 Å². The van der Waals surface area contributed by atoms with Gasteiger partial charge in [-0.05, 0) is 47.5 Å². The number of benzene rings is 1. The van der Waals surface area contributed by atoms with Crippen molar-refractivity contribution in [2.24, 2.45) is 0 Å². The molecule has 0 radical (unpaired) electrons.